The molecule has 1 unspecified atom stereocenters. The maximum absolute atomic E-state index is 12.9. The molecule has 0 bridgehead atoms. The molecule has 2 atom stereocenters. The van der Waals surface area contributed by atoms with Gasteiger partial charge in [-0.3, -0.25) is 23.5 Å². The van der Waals surface area contributed by atoms with Crippen molar-refractivity contribution < 1.29 is 13.2 Å². The fourth-order valence-electron chi connectivity index (χ4n) is 3.12. The molecule has 158 valence electrons. The average Bonchev–Trinajstić information content (AvgIpc) is 3.18. The van der Waals surface area contributed by atoms with E-state index in [0.717, 1.165) is 11.1 Å². The second-order valence-electron chi connectivity index (χ2n) is 6.69. The van der Waals surface area contributed by atoms with Crippen LogP contribution in [0.5, 0.6) is 0 Å². The first-order chi connectivity index (χ1) is 15.1. The molecule has 0 aliphatic carbocycles. The molecule has 0 saturated heterocycles. The molecule has 1 aromatic heterocycles. The standard InChI is InChI=1S/C23H22N4O3S/c1-17(18-9-5-3-6-10-18)30-31(29-2)22(20-13-15-24-16-14-20)26-27-23(31)25-21(28)19-11-7-4-8-12-19/h3-17H,1-2H3,(H,25,27,28)/t17-/m0/s1. The van der Waals surface area contributed by atoms with Crippen molar-refractivity contribution in [3.63, 3.8) is 0 Å². The first-order valence-electron chi connectivity index (χ1n) is 9.68. The lowest BCUT2D eigenvalue weighted by Crippen LogP contribution is -2.37. The molecule has 1 aliphatic heterocycles. The highest BCUT2D eigenvalue weighted by atomic mass is 32.3. The molecule has 1 amide bonds. The summed E-state index contributed by atoms with van der Waals surface area (Å²) in [7, 11) is -1.10. The van der Waals surface area contributed by atoms with Crippen molar-refractivity contribution in [3.8, 4) is 0 Å². The molecule has 31 heavy (non-hydrogen) atoms. The summed E-state index contributed by atoms with van der Waals surface area (Å²) in [5.74, 6) is -0.310. The van der Waals surface area contributed by atoms with Gasteiger partial charge in [-0.2, -0.15) is 0 Å². The number of carbonyl (C=O) groups is 1. The third-order valence-electron chi connectivity index (χ3n) is 4.71. The number of amides is 1. The molecule has 0 spiro atoms. The monoisotopic (exact) mass is 434 g/mol. The van der Waals surface area contributed by atoms with E-state index in [1.165, 1.54) is 0 Å². The molecule has 1 aliphatic rings. The van der Waals surface area contributed by atoms with E-state index < -0.39 is 10.6 Å². The number of nitrogens with one attached hydrogen (secondary N) is 1. The number of aromatic nitrogens is 1. The van der Waals surface area contributed by atoms with Crippen LogP contribution in [0.15, 0.2) is 95.4 Å². The van der Waals surface area contributed by atoms with Crippen LogP contribution in [0.3, 0.4) is 0 Å². The Morgan fingerprint density at radius 2 is 1.58 bits per heavy atom. The topological polar surface area (TPSA) is 85.2 Å². The van der Waals surface area contributed by atoms with Crippen molar-refractivity contribution in [1.29, 1.82) is 0 Å². The van der Waals surface area contributed by atoms with E-state index in [9.17, 15) is 4.79 Å². The Morgan fingerprint density at radius 1 is 0.935 bits per heavy atom. The smallest absolute Gasteiger partial charge is 0.257 e. The van der Waals surface area contributed by atoms with Gasteiger partial charge in [-0.25, -0.2) is 0 Å². The molecule has 0 radical (unpaired) electrons. The van der Waals surface area contributed by atoms with E-state index in [0.29, 0.717) is 10.6 Å². The van der Waals surface area contributed by atoms with Gasteiger partial charge in [0, 0.05) is 23.5 Å². The Balaban J connectivity index is 1.69. The summed E-state index contributed by atoms with van der Waals surface area (Å²) in [6.45, 7) is 1.93. The van der Waals surface area contributed by atoms with Crippen LogP contribution >= 0.6 is 10.6 Å². The van der Waals surface area contributed by atoms with Gasteiger partial charge in [0.15, 0.2) is 5.04 Å². The number of hydrogen-bond donors (Lipinski definition) is 1. The van der Waals surface area contributed by atoms with Crippen LogP contribution in [0.25, 0.3) is 0 Å². The van der Waals surface area contributed by atoms with Gasteiger partial charge in [-0.15, -0.1) is 10.2 Å². The minimum absolute atomic E-state index is 0.249. The maximum Gasteiger partial charge on any atom is 0.257 e. The zero-order chi connectivity index (χ0) is 21.7. The molecule has 7 nitrogen and oxygen atoms in total. The molecular weight excluding hydrogens is 412 g/mol. The highest BCUT2D eigenvalue weighted by Gasteiger charge is 2.42. The lowest BCUT2D eigenvalue weighted by atomic mass is 10.1. The Kier molecular flexibility index (Phi) is 6.22. The highest BCUT2D eigenvalue weighted by molar-refractivity contribution is 8.49. The zero-order valence-corrected chi connectivity index (χ0v) is 18.0. The minimum Gasteiger partial charge on any atom is -0.291 e. The van der Waals surface area contributed by atoms with Gasteiger partial charge >= 0.3 is 0 Å². The number of carbonyl (C=O) groups excluding carboxylic acids is 1. The summed E-state index contributed by atoms with van der Waals surface area (Å²) in [6, 6.07) is 22.3. The Morgan fingerprint density at radius 3 is 2.23 bits per heavy atom. The zero-order valence-electron chi connectivity index (χ0n) is 17.1. The molecule has 2 aromatic carbocycles. The van der Waals surface area contributed by atoms with E-state index in [2.05, 4.69) is 20.5 Å². The second-order valence-corrected chi connectivity index (χ2v) is 8.99. The Labute approximate surface area is 182 Å². The summed E-state index contributed by atoms with van der Waals surface area (Å²) in [6.07, 6.45) is 3.00. The molecule has 0 saturated carbocycles. The largest absolute Gasteiger partial charge is 0.291 e. The quantitative estimate of drug-likeness (QED) is 0.614. The third-order valence-corrected chi connectivity index (χ3v) is 7.26. The average molecular weight is 435 g/mol. The molecule has 2 heterocycles. The van der Waals surface area contributed by atoms with Gasteiger partial charge in [0.25, 0.3) is 5.91 Å². The summed E-state index contributed by atoms with van der Waals surface area (Å²) < 4.78 is 12.5. The number of nitrogens with zero attached hydrogens (tertiary/aromatic N) is 3. The first kappa shape index (κ1) is 20.9. The fraction of sp³-hybridized carbons (Fsp3) is 0.130. The number of benzene rings is 2. The normalized spacial score (nSPS) is 20.8. The summed E-state index contributed by atoms with van der Waals surface area (Å²) in [4.78, 5) is 16.9. The van der Waals surface area contributed by atoms with Gasteiger partial charge in [0.2, 0.25) is 5.17 Å². The number of pyridine rings is 1. The van der Waals surface area contributed by atoms with Crippen LogP contribution in [-0.4, -0.2) is 28.2 Å². The second kappa shape index (κ2) is 9.22. The summed E-state index contributed by atoms with van der Waals surface area (Å²) in [5, 5.41) is 12.3. The van der Waals surface area contributed by atoms with Gasteiger partial charge in [-0.1, -0.05) is 59.1 Å². The van der Waals surface area contributed by atoms with E-state index in [4.69, 9.17) is 8.37 Å². The highest BCUT2D eigenvalue weighted by Crippen LogP contribution is 2.59. The summed E-state index contributed by atoms with van der Waals surface area (Å²) >= 11 is 0. The van der Waals surface area contributed by atoms with Crippen molar-refractivity contribution in [2.24, 2.45) is 10.2 Å². The van der Waals surface area contributed by atoms with Crippen molar-refractivity contribution in [2.45, 2.75) is 13.0 Å². The molecule has 3 aromatic rings. The van der Waals surface area contributed by atoms with Crippen LogP contribution in [0.2, 0.25) is 0 Å². The van der Waals surface area contributed by atoms with Gasteiger partial charge in [-0.05, 0) is 36.8 Å². The molecule has 8 heteroatoms. The van der Waals surface area contributed by atoms with Gasteiger partial charge < -0.3 is 0 Å². The molecule has 0 fully saturated rings. The molecular formula is C23H22N4O3S. The predicted octanol–water partition coefficient (Wildman–Crippen LogP) is 4.60. The Hall–Kier alpha value is -3.33. The van der Waals surface area contributed by atoms with Crippen molar-refractivity contribution >= 4 is 26.7 Å². The van der Waals surface area contributed by atoms with Crippen molar-refractivity contribution in [1.82, 2.24) is 10.3 Å². The first-order valence-corrected chi connectivity index (χ1v) is 11.2. The van der Waals surface area contributed by atoms with E-state index >= 15 is 0 Å². The molecule has 1 N–H and O–H groups in total. The number of hydrogen-bond acceptors (Lipinski definition) is 6. The lowest BCUT2D eigenvalue weighted by Gasteiger charge is -2.40. The molecule has 4 rings (SSSR count). The summed E-state index contributed by atoms with van der Waals surface area (Å²) in [5.41, 5.74) is 2.24. The maximum atomic E-state index is 12.9. The van der Waals surface area contributed by atoms with Crippen LogP contribution < -0.4 is 5.32 Å². The van der Waals surface area contributed by atoms with Crippen LogP contribution in [-0.2, 0) is 8.37 Å². The van der Waals surface area contributed by atoms with E-state index in [-0.39, 0.29) is 17.2 Å². The third kappa shape index (κ3) is 4.27. The van der Waals surface area contributed by atoms with Crippen LogP contribution in [0.4, 0.5) is 0 Å². The fourth-order valence-corrected chi connectivity index (χ4v) is 5.37. The predicted molar refractivity (Wildman–Crippen MR) is 123 cm³/mol. The van der Waals surface area contributed by atoms with E-state index in [1.54, 1.807) is 43.8 Å². The van der Waals surface area contributed by atoms with Crippen molar-refractivity contribution in [2.75, 3.05) is 7.11 Å². The van der Waals surface area contributed by atoms with Gasteiger partial charge in [0.05, 0.1) is 7.11 Å². The van der Waals surface area contributed by atoms with E-state index in [1.807, 2.05) is 55.5 Å². The van der Waals surface area contributed by atoms with Gasteiger partial charge in [0.1, 0.15) is 6.10 Å². The van der Waals surface area contributed by atoms with Crippen molar-refractivity contribution in [3.05, 3.63) is 102 Å². The minimum atomic E-state index is -2.64. The van der Waals surface area contributed by atoms with Crippen LogP contribution in [0.1, 0.15) is 34.5 Å². The number of amidine groups is 1. The van der Waals surface area contributed by atoms with Crippen LogP contribution in [0, 0.1) is 0 Å². The Bertz CT molecular complexity index is 1110. The SMILES string of the molecule is COS1(O[C@@H](C)c2ccccc2)C(NC(=O)c2ccccc2)=NN=C1c1ccncc1. The number of rotatable bonds is 6. The lowest BCUT2D eigenvalue weighted by molar-refractivity contribution is 0.0977.